The zero-order valence-electron chi connectivity index (χ0n) is 17.5. The molecule has 0 nitrogen and oxygen atoms in total. The molecule has 0 aromatic heterocycles. The van der Waals surface area contributed by atoms with Crippen LogP contribution in [0.2, 0.25) is 0 Å². The van der Waals surface area contributed by atoms with Gasteiger partial charge in [0, 0.05) is 0 Å². The van der Waals surface area contributed by atoms with E-state index < -0.39 is 0 Å². The van der Waals surface area contributed by atoms with Gasteiger partial charge in [-0.2, -0.15) is 0 Å². The normalized spacial score (nSPS) is 34.7. The smallest absolute Gasteiger partial charge is 0.00850 e. The minimum absolute atomic E-state index is 0.486. The Labute approximate surface area is 157 Å². The molecule has 0 amide bonds. The molecule has 3 aliphatic rings. The van der Waals surface area contributed by atoms with Crippen LogP contribution in [0.25, 0.3) is 0 Å². The Hall–Kier alpha value is -1.04. The van der Waals surface area contributed by atoms with Gasteiger partial charge in [0.1, 0.15) is 0 Å². The second kappa shape index (κ2) is 8.56. The van der Waals surface area contributed by atoms with Crippen LogP contribution in [0, 0.1) is 23.2 Å². The highest BCUT2D eigenvalue weighted by Gasteiger charge is 2.41. The van der Waals surface area contributed by atoms with E-state index in [1.807, 2.05) is 0 Å². The highest BCUT2D eigenvalue weighted by molar-refractivity contribution is 5.23. The molecule has 0 aliphatic heterocycles. The fourth-order valence-electron chi connectivity index (χ4n) is 4.87. The van der Waals surface area contributed by atoms with Crippen LogP contribution >= 0.6 is 0 Å². The molecular formula is C25H40. The fourth-order valence-corrected chi connectivity index (χ4v) is 4.87. The van der Waals surface area contributed by atoms with E-state index in [0.29, 0.717) is 5.41 Å². The summed E-state index contributed by atoms with van der Waals surface area (Å²) in [6.07, 6.45) is 15.4. The van der Waals surface area contributed by atoms with E-state index in [1.165, 1.54) is 62.5 Å². The lowest BCUT2D eigenvalue weighted by molar-refractivity contribution is 0.151. The van der Waals surface area contributed by atoms with Crippen molar-refractivity contribution in [2.45, 2.75) is 86.0 Å². The topological polar surface area (TPSA) is 0 Å². The van der Waals surface area contributed by atoms with Crippen LogP contribution in [0.15, 0.2) is 47.6 Å². The summed E-state index contributed by atoms with van der Waals surface area (Å²) in [6, 6.07) is 0. The van der Waals surface area contributed by atoms with Gasteiger partial charge in [-0.05, 0) is 95.3 Å². The first-order valence-electron chi connectivity index (χ1n) is 10.4. The van der Waals surface area contributed by atoms with Gasteiger partial charge in [-0.3, -0.25) is 0 Å². The molecule has 0 saturated heterocycles. The first kappa shape index (κ1) is 20.3. The third-order valence-corrected chi connectivity index (χ3v) is 7.28. The molecule has 0 radical (unpaired) electrons. The van der Waals surface area contributed by atoms with Crippen molar-refractivity contribution in [3.63, 3.8) is 0 Å². The van der Waals surface area contributed by atoms with E-state index in [-0.39, 0.29) is 0 Å². The van der Waals surface area contributed by atoms with Crippen molar-refractivity contribution in [1.82, 2.24) is 0 Å². The average Bonchev–Trinajstić information content (AvgIpc) is 2.56. The summed E-state index contributed by atoms with van der Waals surface area (Å²) in [6.45, 7) is 19.6. The van der Waals surface area contributed by atoms with Gasteiger partial charge in [0.15, 0.2) is 0 Å². The van der Waals surface area contributed by atoms with Crippen molar-refractivity contribution in [2.75, 3.05) is 0 Å². The van der Waals surface area contributed by atoms with Crippen molar-refractivity contribution in [1.29, 1.82) is 0 Å². The Morgan fingerprint density at radius 3 is 2.20 bits per heavy atom. The zero-order chi connectivity index (χ0) is 18.6. The van der Waals surface area contributed by atoms with E-state index in [9.17, 15) is 0 Å². The van der Waals surface area contributed by atoms with Gasteiger partial charge in [-0.1, -0.05) is 61.4 Å². The molecule has 3 rings (SSSR count). The number of hydrogen-bond acceptors (Lipinski definition) is 0. The third-order valence-electron chi connectivity index (χ3n) is 7.28. The number of fused-ring (bicyclic) bond motifs is 1. The van der Waals surface area contributed by atoms with Gasteiger partial charge in [0.2, 0.25) is 0 Å². The van der Waals surface area contributed by atoms with Gasteiger partial charge in [-0.15, -0.1) is 0 Å². The van der Waals surface area contributed by atoms with Crippen molar-refractivity contribution < 1.29 is 0 Å². The van der Waals surface area contributed by atoms with E-state index in [1.54, 1.807) is 11.1 Å². The highest BCUT2D eigenvalue weighted by atomic mass is 14.5. The Kier molecular flexibility index (Phi) is 6.94. The van der Waals surface area contributed by atoms with E-state index in [2.05, 4.69) is 59.9 Å². The molecule has 25 heavy (non-hydrogen) atoms. The summed E-state index contributed by atoms with van der Waals surface area (Å²) in [5, 5.41) is 0. The maximum absolute atomic E-state index is 4.15. The lowest BCUT2D eigenvalue weighted by Crippen LogP contribution is -2.36. The summed E-state index contributed by atoms with van der Waals surface area (Å²) in [4.78, 5) is 0. The minimum Gasteiger partial charge on any atom is -0.0999 e. The Morgan fingerprint density at radius 2 is 1.64 bits per heavy atom. The summed E-state index contributed by atoms with van der Waals surface area (Å²) in [7, 11) is 0. The molecule has 0 heteroatoms. The Balaban J connectivity index is 0.000000196. The highest BCUT2D eigenvalue weighted by Crippen LogP contribution is 2.53. The summed E-state index contributed by atoms with van der Waals surface area (Å²) < 4.78 is 0. The van der Waals surface area contributed by atoms with Gasteiger partial charge in [0.25, 0.3) is 0 Å². The standard InChI is InChI=1S/C15H24.C10H16/c1-11(2)13-8-9-14-7-5-6-12(3)15(14,4)10-13;1-8(2)10-6-4-9(3)5-7-10/h7,12-13H,1,5-6,8-10H2,2-4H3;4,10H,1,5-7H2,2-3H3/t12-,13-,15+;10-/m10/s1. The predicted octanol–water partition coefficient (Wildman–Crippen LogP) is 8.03. The lowest BCUT2D eigenvalue weighted by Gasteiger charge is -2.47. The second-order valence-corrected chi connectivity index (χ2v) is 9.28. The third kappa shape index (κ3) is 4.99. The molecule has 140 valence electrons. The van der Waals surface area contributed by atoms with E-state index >= 15 is 0 Å². The van der Waals surface area contributed by atoms with Gasteiger partial charge >= 0.3 is 0 Å². The quantitative estimate of drug-likeness (QED) is 0.446. The SMILES string of the molecule is C=C(C)[C@@H]1CCC2=CCC[C@@H](C)[C@]2(C)C1.C=C(C)[C@H]1CC=C(C)CC1. The van der Waals surface area contributed by atoms with Crippen LogP contribution in [0.5, 0.6) is 0 Å². The van der Waals surface area contributed by atoms with E-state index in [4.69, 9.17) is 0 Å². The molecule has 0 aromatic rings. The molecule has 0 bridgehead atoms. The molecule has 4 atom stereocenters. The first-order valence-corrected chi connectivity index (χ1v) is 10.4. The average molecular weight is 341 g/mol. The number of rotatable bonds is 2. The Bertz CT molecular complexity index is 559. The summed E-state index contributed by atoms with van der Waals surface area (Å²) >= 11 is 0. The van der Waals surface area contributed by atoms with Crippen molar-refractivity contribution in [3.8, 4) is 0 Å². The molecule has 1 fully saturated rings. The Morgan fingerprint density at radius 1 is 1.00 bits per heavy atom. The molecule has 1 saturated carbocycles. The lowest BCUT2D eigenvalue weighted by atomic mass is 9.58. The molecule has 0 unspecified atom stereocenters. The van der Waals surface area contributed by atoms with Crippen LogP contribution < -0.4 is 0 Å². The van der Waals surface area contributed by atoms with Crippen LogP contribution in [-0.4, -0.2) is 0 Å². The second-order valence-electron chi connectivity index (χ2n) is 9.28. The molecular weight excluding hydrogens is 300 g/mol. The fraction of sp³-hybridized carbons (Fsp3) is 0.680. The van der Waals surface area contributed by atoms with E-state index in [0.717, 1.165) is 17.8 Å². The van der Waals surface area contributed by atoms with Crippen LogP contribution in [0.3, 0.4) is 0 Å². The maximum Gasteiger partial charge on any atom is -0.00850 e. The summed E-state index contributed by atoms with van der Waals surface area (Å²) in [5.41, 5.74) is 6.54. The molecule has 0 N–H and O–H groups in total. The zero-order valence-corrected chi connectivity index (χ0v) is 17.5. The van der Waals surface area contributed by atoms with Crippen LogP contribution in [-0.2, 0) is 0 Å². The van der Waals surface area contributed by atoms with Crippen molar-refractivity contribution >= 4 is 0 Å². The molecule has 3 aliphatic carbocycles. The molecule has 0 heterocycles. The summed E-state index contributed by atoms with van der Waals surface area (Å²) in [5.74, 6) is 2.40. The first-order chi connectivity index (χ1) is 11.7. The van der Waals surface area contributed by atoms with Crippen molar-refractivity contribution in [2.24, 2.45) is 23.2 Å². The monoisotopic (exact) mass is 340 g/mol. The molecule has 0 aromatic carbocycles. The van der Waals surface area contributed by atoms with Gasteiger partial charge < -0.3 is 0 Å². The molecule has 0 spiro atoms. The maximum atomic E-state index is 4.15. The van der Waals surface area contributed by atoms with Crippen LogP contribution in [0.1, 0.15) is 86.0 Å². The van der Waals surface area contributed by atoms with Gasteiger partial charge in [-0.25, -0.2) is 0 Å². The van der Waals surface area contributed by atoms with Crippen LogP contribution in [0.4, 0.5) is 0 Å². The van der Waals surface area contributed by atoms with Gasteiger partial charge in [0.05, 0.1) is 0 Å². The largest absolute Gasteiger partial charge is 0.0999 e. The number of allylic oxidation sites excluding steroid dienone is 6. The number of hydrogen-bond donors (Lipinski definition) is 0. The van der Waals surface area contributed by atoms with Crippen molar-refractivity contribution in [3.05, 3.63) is 47.6 Å². The minimum atomic E-state index is 0.486. The predicted molar refractivity (Wildman–Crippen MR) is 113 cm³/mol.